The number of hydrogen-bond acceptors (Lipinski definition) is 3. The summed E-state index contributed by atoms with van der Waals surface area (Å²) in [6.07, 6.45) is 1.57. The third-order valence-electron chi connectivity index (χ3n) is 2.38. The van der Waals surface area contributed by atoms with Crippen LogP contribution >= 0.6 is 0 Å². The van der Waals surface area contributed by atoms with Crippen molar-refractivity contribution in [3.63, 3.8) is 0 Å². The van der Waals surface area contributed by atoms with Gasteiger partial charge >= 0.3 is 6.61 Å². The number of ether oxygens (including phenoxy) is 2. The van der Waals surface area contributed by atoms with Crippen LogP contribution in [0.15, 0.2) is 24.3 Å². The quantitative estimate of drug-likeness (QED) is 0.751. The molecule has 2 N–H and O–H groups in total. The van der Waals surface area contributed by atoms with Crippen LogP contribution in [0, 0.1) is 0 Å². The Balaban J connectivity index is 2.57. The van der Waals surface area contributed by atoms with Gasteiger partial charge < -0.3 is 15.2 Å². The Morgan fingerprint density at radius 1 is 1.35 bits per heavy atom. The van der Waals surface area contributed by atoms with E-state index in [1.54, 1.807) is 25.3 Å². The molecule has 1 rings (SSSR count). The third kappa shape index (κ3) is 5.10. The molecule has 1 atom stereocenters. The van der Waals surface area contributed by atoms with E-state index in [-0.39, 0.29) is 11.8 Å². The Bertz CT molecular complexity index is 334. The van der Waals surface area contributed by atoms with Crippen LogP contribution in [-0.2, 0) is 4.74 Å². The average molecular weight is 245 g/mol. The second-order valence-electron chi connectivity index (χ2n) is 3.69. The zero-order valence-corrected chi connectivity index (χ0v) is 9.74. The summed E-state index contributed by atoms with van der Waals surface area (Å²) in [5.41, 5.74) is 6.73. The first-order valence-electron chi connectivity index (χ1n) is 5.42. The summed E-state index contributed by atoms with van der Waals surface area (Å²) in [6, 6.07) is 6.30. The summed E-state index contributed by atoms with van der Waals surface area (Å²) >= 11 is 0. The fourth-order valence-electron chi connectivity index (χ4n) is 1.54. The molecule has 5 heteroatoms. The minimum absolute atomic E-state index is 0.139. The van der Waals surface area contributed by atoms with Crippen LogP contribution in [0.2, 0.25) is 0 Å². The normalized spacial score (nSPS) is 12.8. The van der Waals surface area contributed by atoms with Crippen molar-refractivity contribution in [3.05, 3.63) is 29.8 Å². The van der Waals surface area contributed by atoms with Crippen molar-refractivity contribution >= 4 is 0 Å². The first kappa shape index (κ1) is 13.9. The molecule has 0 saturated heterocycles. The van der Waals surface area contributed by atoms with Gasteiger partial charge in [-0.3, -0.25) is 0 Å². The molecule has 1 aromatic carbocycles. The van der Waals surface area contributed by atoms with Crippen LogP contribution in [-0.4, -0.2) is 20.3 Å². The zero-order valence-electron chi connectivity index (χ0n) is 9.74. The number of nitrogens with two attached hydrogens (primary N) is 1. The number of halogens is 2. The summed E-state index contributed by atoms with van der Waals surface area (Å²) < 4.78 is 33.3. The molecule has 0 heterocycles. The zero-order chi connectivity index (χ0) is 12.7. The van der Waals surface area contributed by atoms with Crippen molar-refractivity contribution in [2.75, 3.05) is 13.7 Å². The molecule has 0 aliphatic heterocycles. The molecule has 0 spiro atoms. The second kappa shape index (κ2) is 7.19. The maximum atomic E-state index is 12.0. The molecule has 0 amide bonds. The van der Waals surface area contributed by atoms with E-state index in [2.05, 4.69) is 4.74 Å². The van der Waals surface area contributed by atoms with E-state index >= 15 is 0 Å². The van der Waals surface area contributed by atoms with Crippen LogP contribution in [0.3, 0.4) is 0 Å². The smallest absolute Gasteiger partial charge is 0.387 e. The van der Waals surface area contributed by atoms with Crippen molar-refractivity contribution in [2.45, 2.75) is 25.5 Å². The average Bonchev–Trinajstić information content (AvgIpc) is 2.28. The molecule has 0 bridgehead atoms. The molecule has 0 aliphatic rings. The van der Waals surface area contributed by atoms with Crippen LogP contribution in [0.25, 0.3) is 0 Å². The van der Waals surface area contributed by atoms with E-state index in [4.69, 9.17) is 10.5 Å². The Morgan fingerprint density at radius 2 is 2.12 bits per heavy atom. The summed E-state index contributed by atoms with van der Waals surface area (Å²) in [5, 5.41) is 0. The second-order valence-corrected chi connectivity index (χ2v) is 3.69. The number of methoxy groups -OCH3 is 1. The topological polar surface area (TPSA) is 44.5 Å². The van der Waals surface area contributed by atoms with Gasteiger partial charge in [0, 0.05) is 19.8 Å². The van der Waals surface area contributed by atoms with Crippen molar-refractivity contribution in [1.29, 1.82) is 0 Å². The summed E-state index contributed by atoms with van der Waals surface area (Å²) in [7, 11) is 1.63. The van der Waals surface area contributed by atoms with E-state index in [0.717, 1.165) is 18.4 Å². The molecule has 0 aliphatic carbocycles. The Hall–Kier alpha value is -1.20. The maximum absolute atomic E-state index is 12.0. The van der Waals surface area contributed by atoms with Gasteiger partial charge in [-0.2, -0.15) is 8.78 Å². The lowest BCUT2D eigenvalue weighted by Crippen LogP contribution is -2.11. The van der Waals surface area contributed by atoms with E-state index in [1.165, 1.54) is 6.07 Å². The third-order valence-corrected chi connectivity index (χ3v) is 2.38. The lowest BCUT2D eigenvalue weighted by Gasteiger charge is -2.13. The predicted molar refractivity (Wildman–Crippen MR) is 61.1 cm³/mol. The van der Waals surface area contributed by atoms with Gasteiger partial charge in [-0.1, -0.05) is 12.1 Å². The fraction of sp³-hybridized carbons (Fsp3) is 0.500. The highest BCUT2D eigenvalue weighted by molar-refractivity contribution is 5.30. The highest BCUT2D eigenvalue weighted by Crippen LogP contribution is 2.22. The van der Waals surface area contributed by atoms with Gasteiger partial charge in [0.25, 0.3) is 0 Å². The first-order chi connectivity index (χ1) is 8.13. The van der Waals surface area contributed by atoms with Crippen molar-refractivity contribution in [1.82, 2.24) is 0 Å². The lowest BCUT2D eigenvalue weighted by molar-refractivity contribution is -0.0499. The summed E-state index contributed by atoms with van der Waals surface area (Å²) in [4.78, 5) is 0. The molecule has 0 aromatic heterocycles. The van der Waals surface area contributed by atoms with E-state index in [1.807, 2.05) is 0 Å². The molecule has 0 fully saturated rings. The maximum Gasteiger partial charge on any atom is 0.387 e. The Morgan fingerprint density at radius 3 is 2.76 bits per heavy atom. The van der Waals surface area contributed by atoms with Crippen LogP contribution in [0.5, 0.6) is 5.75 Å². The molecular formula is C12H17F2NO2. The molecule has 96 valence electrons. The molecule has 0 radical (unpaired) electrons. The highest BCUT2D eigenvalue weighted by atomic mass is 19.3. The largest absolute Gasteiger partial charge is 0.435 e. The number of rotatable bonds is 7. The van der Waals surface area contributed by atoms with Crippen LogP contribution in [0.1, 0.15) is 24.4 Å². The molecule has 17 heavy (non-hydrogen) atoms. The van der Waals surface area contributed by atoms with Crippen molar-refractivity contribution in [2.24, 2.45) is 5.73 Å². The molecule has 1 unspecified atom stereocenters. The van der Waals surface area contributed by atoms with Gasteiger partial charge in [-0.25, -0.2) is 0 Å². The minimum Gasteiger partial charge on any atom is -0.435 e. The van der Waals surface area contributed by atoms with Gasteiger partial charge in [-0.05, 0) is 30.5 Å². The van der Waals surface area contributed by atoms with Gasteiger partial charge in [0.1, 0.15) is 5.75 Å². The summed E-state index contributed by atoms with van der Waals surface area (Å²) in [5.74, 6) is 0.139. The number of alkyl halides is 2. The standard InChI is InChI=1S/C12H17F2NO2/c1-16-7-3-6-11(15)9-4-2-5-10(8-9)17-12(13)14/h2,4-5,8,11-12H,3,6-7,15H2,1H3. The van der Waals surface area contributed by atoms with Crippen molar-refractivity contribution < 1.29 is 18.3 Å². The van der Waals surface area contributed by atoms with Crippen molar-refractivity contribution in [3.8, 4) is 5.75 Å². The first-order valence-corrected chi connectivity index (χ1v) is 5.42. The summed E-state index contributed by atoms with van der Waals surface area (Å²) in [6.45, 7) is -2.17. The predicted octanol–water partition coefficient (Wildman–Crippen LogP) is 2.71. The van der Waals surface area contributed by atoms with Gasteiger partial charge in [-0.15, -0.1) is 0 Å². The molecule has 3 nitrogen and oxygen atoms in total. The number of hydrogen-bond donors (Lipinski definition) is 1. The van der Waals surface area contributed by atoms with E-state index in [9.17, 15) is 8.78 Å². The van der Waals surface area contributed by atoms with Gasteiger partial charge in [0.05, 0.1) is 0 Å². The Kier molecular flexibility index (Phi) is 5.86. The van der Waals surface area contributed by atoms with E-state index in [0.29, 0.717) is 6.61 Å². The van der Waals surface area contributed by atoms with Gasteiger partial charge in [0.2, 0.25) is 0 Å². The lowest BCUT2D eigenvalue weighted by atomic mass is 10.0. The van der Waals surface area contributed by atoms with E-state index < -0.39 is 6.61 Å². The molecular weight excluding hydrogens is 228 g/mol. The number of benzene rings is 1. The monoisotopic (exact) mass is 245 g/mol. The fourth-order valence-corrected chi connectivity index (χ4v) is 1.54. The van der Waals surface area contributed by atoms with Gasteiger partial charge in [0.15, 0.2) is 0 Å². The van der Waals surface area contributed by atoms with Crippen LogP contribution in [0.4, 0.5) is 8.78 Å². The molecule has 1 aromatic rings. The Labute approximate surface area is 99.5 Å². The highest BCUT2D eigenvalue weighted by Gasteiger charge is 2.09. The van der Waals surface area contributed by atoms with Crippen LogP contribution < -0.4 is 10.5 Å². The minimum atomic E-state index is -2.81. The SMILES string of the molecule is COCCCC(N)c1cccc(OC(F)F)c1. The molecule has 0 saturated carbocycles.